The number of nitrogens with zero attached hydrogens (tertiary/aromatic N) is 2. The first kappa shape index (κ1) is 13.8. The van der Waals surface area contributed by atoms with E-state index >= 15 is 0 Å². The van der Waals surface area contributed by atoms with Gasteiger partial charge >= 0.3 is 0 Å². The molecule has 0 aliphatic heterocycles. The Morgan fingerprint density at radius 3 is 3.00 bits per heavy atom. The fourth-order valence-electron chi connectivity index (χ4n) is 1.39. The SMILES string of the molecule is CCNc1cc(C(=O)N(C)CCSC)ccn1. The van der Waals surface area contributed by atoms with E-state index in [0.717, 1.165) is 24.7 Å². The number of nitrogens with one attached hydrogen (secondary N) is 1. The normalized spacial score (nSPS) is 10.1. The van der Waals surface area contributed by atoms with Crippen molar-refractivity contribution in [1.29, 1.82) is 0 Å². The molecule has 0 aromatic carbocycles. The van der Waals surface area contributed by atoms with Crippen molar-refractivity contribution >= 4 is 23.5 Å². The van der Waals surface area contributed by atoms with Gasteiger partial charge in [-0.2, -0.15) is 11.8 Å². The second kappa shape index (κ2) is 7.17. The monoisotopic (exact) mass is 253 g/mol. The van der Waals surface area contributed by atoms with Crippen molar-refractivity contribution in [1.82, 2.24) is 9.88 Å². The van der Waals surface area contributed by atoms with E-state index in [4.69, 9.17) is 0 Å². The number of carbonyl (C=O) groups is 1. The third kappa shape index (κ3) is 4.26. The number of hydrogen-bond donors (Lipinski definition) is 1. The molecule has 0 aliphatic carbocycles. The Bertz CT molecular complexity index is 371. The predicted molar refractivity (Wildman–Crippen MR) is 73.7 cm³/mol. The lowest BCUT2D eigenvalue weighted by Gasteiger charge is -2.16. The third-order valence-corrected chi connectivity index (χ3v) is 2.93. The molecule has 1 amide bonds. The molecule has 94 valence electrons. The summed E-state index contributed by atoms with van der Waals surface area (Å²) in [4.78, 5) is 18.0. The van der Waals surface area contributed by atoms with Crippen LogP contribution < -0.4 is 5.32 Å². The maximum Gasteiger partial charge on any atom is 0.253 e. The first-order valence-corrected chi connectivity index (χ1v) is 7.02. The lowest BCUT2D eigenvalue weighted by Crippen LogP contribution is -2.29. The van der Waals surface area contributed by atoms with Crippen LogP contribution in [-0.4, -0.2) is 47.9 Å². The molecule has 1 aromatic heterocycles. The molecule has 1 N–H and O–H groups in total. The molecule has 4 nitrogen and oxygen atoms in total. The summed E-state index contributed by atoms with van der Waals surface area (Å²) in [6, 6.07) is 3.54. The number of pyridine rings is 1. The van der Waals surface area contributed by atoms with E-state index in [1.165, 1.54) is 0 Å². The smallest absolute Gasteiger partial charge is 0.253 e. The van der Waals surface area contributed by atoms with Crippen molar-refractivity contribution < 1.29 is 4.79 Å². The number of aromatic nitrogens is 1. The van der Waals surface area contributed by atoms with E-state index in [2.05, 4.69) is 10.3 Å². The Kier molecular flexibility index (Phi) is 5.83. The summed E-state index contributed by atoms with van der Waals surface area (Å²) < 4.78 is 0. The average molecular weight is 253 g/mol. The summed E-state index contributed by atoms with van der Waals surface area (Å²) in [5.74, 6) is 1.74. The quantitative estimate of drug-likeness (QED) is 0.841. The van der Waals surface area contributed by atoms with Gasteiger partial charge in [-0.05, 0) is 25.3 Å². The van der Waals surface area contributed by atoms with Crippen LogP contribution in [0.3, 0.4) is 0 Å². The molecule has 1 heterocycles. The van der Waals surface area contributed by atoms with E-state index in [9.17, 15) is 4.79 Å². The number of amides is 1. The highest BCUT2D eigenvalue weighted by molar-refractivity contribution is 7.98. The standard InChI is InChI=1S/C12H19N3OS/c1-4-13-11-9-10(5-6-14-11)12(16)15(2)7-8-17-3/h5-6,9H,4,7-8H2,1-3H3,(H,13,14). The second-order valence-electron chi connectivity index (χ2n) is 3.68. The zero-order valence-electron chi connectivity index (χ0n) is 10.6. The van der Waals surface area contributed by atoms with Gasteiger partial charge < -0.3 is 10.2 Å². The van der Waals surface area contributed by atoms with Gasteiger partial charge in [0.25, 0.3) is 5.91 Å². The van der Waals surface area contributed by atoms with Gasteiger partial charge in [-0.25, -0.2) is 4.98 Å². The minimum atomic E-state index is 0.0422. The summed E-state index contributed by atoms with van der Waals surface area (Å²) in [5, 5.41) is 3.10. The molecule has 0 saturated carbocycles. The van der Waals surface area contributed by atoms with Crippen LogP contribution >= 0.6 is 11.8 Å². The molecule has 5 heteroatoms. The van der Waals surface area contributed by atoms with Crippen molar-refractivity contribution in [2.24, 2.45) is 0 Å². The summed E-state index contributed by atoms with van der Waals surface area (Å²) in [7, 11) is 1.83. The van der Waals surface area contributed by atoms with Gasteiger partial charge in [0.2, 0.25) is 0 Å². The molecule has 0 atom stereocenters. The Morgan fingerprint density at radius 1 is 1.59 bits per heavy atom. The largest absolute Gasteiger partial charge is 0.370 e. The lowest BCUT2D eigenvalue weighted by molar-refractivity contribution is 0.0803. The Labute approximate surface area is 107 Å². The zero-order chi connectivity index (χ0) is 12.7. The van der Waals surface area contributed by atoms with Crippen molar-refractivity contribution in [2.45, 2.75) is 6.92 Å². The number of carbonyl (C=O) groups excluding carboxylic acids is 1. The topological polar surface area (TPSA) is 45.2 Å². The lowest BCUT2D eigenvalue weighted by atomic mass is 10.2. The fourth-order valence-corrected chi connectivity index (χ4v) is 1.85. The van der Waals surface area contributed by atoms with Crippen molar-refractivity contribution in [3.63, 3.8) is 0 Å². The van der Waals surface area contributed by atoms with Crippen LogP contribution in [0, 0.1) is 0 Å². The van der Waals surface area contributed by atoms with E-state index in [1.807, 2.05) is 20.2 Å². The van der Waals surface area contributed by atoms with Crippen molar-refractivity contribution in [3.8, 4) is 0 Å². The van der Waals surface area contributed by atoms with Crippen LogP contribution in [0.5, 0.6) is 0 Å². The second-order valence-corrected chi connectivity index (χ2v) is 4.67. The molecule has 0 spiro atoms. The van der Waals surface area contributed by atoms with Crippen LogP contribution in [0.1, 0.15) is 17.3 Å². The number of thioether (sulfide) groups is 1. The van der Waals surface area contributed by atoms with E-state index in [1.54, 1.807) is 35.0 Å². The highest BCUT2D eigenvalue weighted by Crippen LogP contribution is 2.09. The summed E-state index contributed by atoms with van der Waals surface area (Å²) in [6.07, 6.45) is 3.70. The van der Waals surface area contributed by atoms with Crippen LogP contribution in [0.25, 0.3) is 0 Å². The van der Waals surface area contributed by atoms with Crippen molar-refractivity contribution in [3.05, 3.63) is 23.9 Å². The Hall–Kier alpha value is -1.23. The summed E-state index contributed by atoms with van der Waals surface area (Å²) in [5.41, 5.74) is 0.680. The molecule has 0 radical (unpaired) electrons. The highest BCUT2D eigenvalue weighted by atomic mass is 32.2. The van der Waals surface area contributed by atoms with Gasteiger partial charge in [-0.15, -0.1) is 0 Å². The van der Waals surface area contributed by atoms with Gasteiger partial charge in [-0.3, -0.25) is 4.79 Å². The maximum atomic E-state index is 12.1. The number of anilines is 1. The molecule has 17 heavy (non-hydrogen) atoms. The number of hydrogen-bond acceptors (Lipinski definition) is 4. The van der Waals surface area contributed by atoms with Crippen LogP contribution in [-0.2, 0) is 0 Å². The van der Waals surface area contributed by atoms with E-state index < -0.39 is 0 Å². The predicted octanol–water partition coefficient (Wildman–Crippen LogP) is 1.95. The Balaban J connectivity index is 2.70. The molecule has 0 fully saturated rings. The number of rotatable bonds is 6. The van der Waals surface area contributed by atoms with Crippen LogP contribution in [0.15, 0.2) is 18.3 Å². The molecule has 1 rings (SSSR count). The van der Waals surface area contributed by atoms with Gasteiger partial charge in [0.15, 0.2) is 0 Å². The van der Waals surface area contributed by atoms with Gasteiger partial charge in [-0.1, -0.05) is 0 Å². The summed E-state index contributed by atoms with van der Waals surface area (Å²) >= 11 is 1.74. The van der Waals surface area contributed by atoms with Crippen LogP contribution in [0.4, 0.5) is 5.82 Å². The van der Waals surface area contributed by atoms with Crippen molar-refractivity contribution in [2.75, 3.05) is 37.5 Å². The first-order chi connectivity index (χ1) is 8.19. The molecule has 0 unspecified atom stereocenters. The van der Waals surface area contributed by atoms with Gasteiger partial charge in [0.05, 0.1) is 0 Å². The fraction of sp³-hybridized carbons (Fsp3) is 0.500. The highest BCUT2D eigenvalue weighted by Gasteiger charge is 2.11. The van der Waals surface area contributed by atoms with E-state index in [0.29, 0.717) is 5.56 Å². The minimum absolute atomic E-state index is 0.0422. The molecule has 1 aromatic rings. The summed E-state index contributed by atoms with van der Waals surface area (Å²) in [6.45, 7) is 3.56. The van der Waals surface area contributed by atoms with Crippen LogP contribution in [0.2, 0.25) is 0 Å². The maximum absolute atomic E-state index is 12.1. The Morgan fingerprint density at radius 2 is 2.35 bits per heavy atom. The molecule has 0 saturated heterocycles. The van der Waals surface area contributed by atoms with E-state index in [-0.39, 0.29) is 5.91 Å². The van der Waals surface area contributed by atoms with Gasteiger partial charge in [0, 0.05) is 37.7 Å². The first-order valence-electron chi connectivity index (χ1n) is 5.63. The average Bonchev–Trinajstić information content (AvgIpc) is 2.35. The molecule has 0 bridgehead atoms. The molecular formula is C12H19N3OS. The minimum Gasteiger partial charge on any atom is -0.370 e. The molecule has 0 aliphatic rings. The van der Waals surface area contributed by atoms with Gasteiger partial charge in [0.1, 0.15) is 5.82 Å². The zero-order valence-corrected chi connectivity index (χ0v) is 11.4. The molecular weight excluding hydrogens is 234 g/mol. The third-order valence-electron chi connectivity index (χ3n) is 2.34.